The van der Waals surface area contributed by atoms with E-state index in [9.17, 15) is 4.39 Å². The number of hydrogen-bond donors (Lipinski definition) is 1. The zero-order valence-electron chi connectivity index (χ0n) is 9.03. The van der Waals surface area contributed by atoms with E-state index in [4.69, 9.17) is 11.6 Å². The van der Waals surface area contributed by atoms with Crippen LogP contribution in [0.1, 0.15) is 11.3 Å². The molecule has 2 rings (SSSR count). The molecule has 0 aliphatic rings. The van der Waals surface area contributed by atoms with Gasteiger partial charge < -0.3 is 5.32 Å². The minimum absolute atomic E-state index is 0.302. The Balaban J connectivity index is 1.90. The van der Waals surface area contributed by atoms with E-state index in [2.05, 4.69) is 15.5 Å². The molecule has 17 heavy (non-hydrogen) atoms. The lowest BCUT2D eigenvalue weighted by Gasteiger charge is -2.05. The Bertz CT molecular complexity index is 490. The van der Waals surface area contributed by atoms with Crippen LogP contribution in [0.3, 0.4) is 0 Å². The molecule has 2 aromatic rings. The molecule has 0 saturated heterocycles. The fourth-order valence-corrected chi connectivity index (χ4v) is 1.58. The van der Waals surface area contributed by atoms with Gasteiger partial charge in [0.25, 0.3) is 0 Å². The summed E-state index contributed by atoms with van der Waals surface area (Å²) >= 11 is 5.67. The van der Waals surface area contributed by atoms with Gasteiger partial charge in [0, 0.05) is 29.9 Å². The maximum absolute atomic E-state index is 13.4. The summed E-state index contributed by atoms with van der Waals surface area (Å²) in [5, 5.41) is 11.2. The zero-order valence-corrected chi connectivity index (χ0v) is 9.78. The van der Waals surface area contributed by atoms with Gasteiger partial charge in [0.2, 0.25) is 0 Å². The Morgan fingerprint density at radius 2 is 2.12 bits per heavy atom. The molecule has 0 unspecified atom stereocenters. The van der Waals surface area contributed by atoms with Gasteiger partial charge in [0.05, 0.1) is 5.69 Å². The van der Waals surface area contributed by atoms with Crippen LogP contribution in [0.5, 0.6) is 0 Å². The van der Waals surface area contributed by atoms with E-state index in [1.54, 1.807) is 18.3 Å². The van der Waals surface area contributed by atoms with Crippen LogP contribution in [0, 0.1) is 5.82 Å². The van der Waals surface area contributed by atoms with Crippen molar-refractivity contribution in [3.05, 3.63) is 58.6 Å². The fraction of sp³-hybridized carbons (Fsp3) is 0.167. The molecular formula is C12H11ClFN3. The van der Waals surface area contributed by atoms with Gasteiger partial charge in [-0.3, -0.25) is 0 Å². The molecule has 0 spiro atoms. The predicted molar refractivity (Wildman–Crippen MR) is 64.0 cm³/mol. The van der Waals surface area contributed by atoms with Crippen LogP contribution >= 0.6 is 11.6 Å². The zero-order chi connectivity index (χ0) is 12.1. The number of nitrogens with one attached hydrogen (secondary N) is 1. The van der Waals surface area contributed by atoms with E-state index < -0.39 is 0 Å². The second kappa shape index (κ2) is 5.70. The maximum Gasteiger partial charge on any atom is 0.129 e. The highest BCUT2D eigenvalue weighted by molar-refractivity contribution is 6.30. The Labute approximate surface area is 104 Å². The van der Waals surface area contributed by atoms with E-state index >= 15 is 0 Å². The minimum Gasteiger partial charge on any atom is -0.307 e. The quantitative estimate of drug-likeness (QED) is 0.908. The van der Waals surface area contributed by atoms with E-state index in [-0.39, 0.29) is 5.82 Å². The minimum atomic E-state index is -0.302. The lowest BCUT2D eigenvalue weighted by atomic mass is 10.2. The first kappa shape index (κ1) is 12.0. The van der Waals surface area contributed by atoms with Crippen molar-refractivity contribution in [3.63, 3.8) is 0 Å². The topological polar surface area (TPSA) is 37.8 Å². The number of aromatic nitrogens is 2. The molecule has 3 nitrogen and oxygen atoms in total. The SMILES string of the molecule is Fc1cc(Cl)ccc1CNCc1cccnn1. The highest BCUT2D eigenvalue weighted by Gasteiger charge is 2.02. The summed E-state index contributed by atoms with van der Waals surface area (Å²) in [7, 11) is 0. The number of halogens is 2. The number of benzene rings is 1. The molecule has 0 aliphatic carbocycles. The molecule has 1 aromatic carbocycles. The van der Waals surface area contributed by atoms with Gasteiger partial charge in [-0.1, -0.05) is 17.7 Å². The van der Waals surface area contributed by atoms with Crippen molar-refractivity contribution in [2.24, 2.45) is 0 Å². The standard InChI is InChI=1S/C12H11ClFN3/c13-10-4-3-9(12(14)6-10)7-15-8-11-2-1-5-16-17-11/h1-6,15H,7-8H2. The Kier molecular flexibility index (Phi) is 4.01. The fourth-order valence-electron chi connectivity index (χ4n) is 1.42. The predicted octanol–water partition coefficient (Wildman–Crippen LogP) is 2.56. The number of rotatable bonds is 4. The summed E-state index contributed by atoms with van der Waals surface area (Å²) in [5.74, 6) is -0.302. The highest BCUT2D eigenvalue weighted by Crippen LogP contribution is 2.14. The van der Waals surface area contributed by atoms with Crippen LogP contribution in [0.4, 0.5) is 4.39 Å². The molecular weight excluding hydrogens is 241 g/mol. The third-order valence-electron chi connectivity index (χ3n) is 2.26. The van der Waals surface area contributed by atoms with Gasteiger partial charge in [0.1, 0.15) is 5.82 Å². The maximum atomic E-state index is 13.4. The van der Waals surface area contributed by atoms with E-state index in [0.29, 0.717) is 23.7 Å². The van der Waals surface area contributed by atoms with Crippen molar-refractivity contribution in [1.82, 2.24) is 15.5 Å². The summed E-state index contributed by atoms with van der Waals surface area (Å²) in [6.07, 6.45) is 1.61. The van der Waals surface area contributed by atoms with Gasteiger partial charge in [-0.05, 0) is 24.3 Å². The molecule has 0 bridgehead atoms. The van der Waals surface area contributed by atoms with Crippen LogP contribution in [-0.2, 0) is 13.1 Å². The molecule has 0 fully saturated rings. The molecule has 0 aliphatic heterocycles. The highest BCUT2D eigenvalue weighted by atomic mass is 35.5. The average Bonchev–Trinajstić information content (AvgIpc) is 2.33. The van der Waals surface area contributed by atoms with Crippen molar-refractivity contribution in [1.29, 1.82) is 0 Å². The Morgan fingerprint density at radius 1 is 1.24 bits per heavy atom. The average molecular weight is 252 g/mol. The van der Waals surface area contributed by atoms with E-state index in [0.717, 1.165) is 5.69 Å². The molecule has 0 radical (unpaired) electrons. The molecule has 0 saturated carbocycles. The molecule has 1 N–H and O–H groups in total. The molecule has 1 heterocycles. The van der Waals surface area contributed by atoms with Crippen LogP contribution in [0.15, 0.2) is 36.5 Å². The van der Waals surface area contributed by atoms with Gasteiger partial charge in [0.15, 0.2) is 0 Å². The molecule has 0 amide bonds. The third kappa shape index (κ3) is 3.47. The smallest absolute Gasteiger partial charge is 0.129 e. The van der Waals surface area contributed by atoms with Crippen molar-refractivity contribution >= 4 is 11.6 Å². The number of hydrogen-bond acceptors (Lipinski definition) is 3. The van der Waals surface area contributed by atoms with Crippen molar-refractivity contribution in [3.8, 4) is 0 Å². The van der Waals surface area contributed by atoms with Crippen LogP contribution in [0.25, 0.3) is 0 Å². The van der Waals surface area contributed by atoms with Crippen LogP contribution in [-0.4, -0.2) is 10.2 Å². The largest absolute Gasteiger partial charge is 0.307 e. The lowest BCUT2D eigenvalue weighted by Crippen LogP contribution is -2.14. The first-order chi connectivity index (χ1) is 8.25. The first-order valence-electron chi connectivity index (χ1n) is 5.17. The van der Waals surface area contributed by atoms with Gasteiger partial charge >= 0.3 is 0 Å². The molecule has 1 aromatic heterocycles. The molecule has 88 valence electrons. The summed E-state index contributed by atoms with van der Waals surface area (Å²) in [6, 6.07) is 8.32. The first-order valence-corrected chi connectivity index (χ1v) is 5.55. The second-order valence-electron chi connectivity index (χ2n) is 3.55. The van der Waals surface area contributed by atoms with Crippen molar-refractivity contribution in [2.45, 2.75) is 13.1 Å². The Morgan fingerprint density at radius 3 is 2.82 bits per heavy atom. The molecule has 5 heteroatoms. The summed E-state index contributed by atoms with van der Waals surface area (Å²) in [4.78, 5) is 0. The summed E-state index contributed by atoms with van der Waals surface area (Å²) < 4.78 is 13.4. The monoisotopic (exact) mass is 251 g/mol. The van der Waals surface area contributed by atoms with Crippen molar-refractivity contribution < 1.29 is 4.39 Å². The second-order valence-corrected chi connectivity index (χ2v) is 3.99. The number of nitrogens with zero attached hydrogens (tertiary/aromatic N) is 2. The van der Waals surface area contributed by atoms with Gasteiger partial charge in [-0.2, -0.15) is 10.2 Å². The van der Waals surface area contributed by atoms with Crippen molar-refractivity contribution in [2.75, 3.05) is 0 Å². The lowest BCUT2D eigenvalue weighted by molar-refractivity contribution is 0.584. The third-order valence-corrected chi connectivity index (χ3v) is 2.50. The van der Waals surface area contributed by atoms with Gasteiger partial charge in [-0.15, -0.1) is 0 Å². The normalized spacial score (nSPS) is 10.5. The van der Waals surface area contributed by atoms with E-state index in [1.165, 1.54) is 6.07 Å². The van der Waals surface area contributed by atoms with Gasteiger partial charge in [-0.25, -0.2) is 4.39 Å². The van der Waals surface area contributed by atoms with Crippen LogP contribution < -0.4 is 5.32 Å². The summed E-state index contributed by atoms with van der Waals surface area (Å²) in [6.45, 7) is 0.982. The summed E-state index contributed by atoms with van der Waals surface area (Å²) in [5.41, 5.74) is 1.40. The van der Waals surface area contributed by atoms with E-state index in [1.807, 2.05) is 12.1 Å². The Hall–Kier alpha value is -1.52. The van der Waals surface area contributed by atoms with Crippen LogP contribution in [0.2, 0.25) is 5.02 Å². The molecule has 0 atom stereocenters.